The molecule has 0 bridgehead atoms. The van der Waals surface area contributed by atoms with Crippen LogP contribution < -0.4 is 5.32 Å². The highest BCUT2D eigenvalue weighted by Crippen LogP contribution is 2.26. The number of nitrogens with one attached hydrogen (secondary N) is 1. The minimum atomic E-state index is -0.735. The molecule has 0 saturated carbocycles. The highest BCUT2D eigenvalue weighted by molar-refractivity contribution is 6.30. The number of carbonyl (C=O) groups is 1. The molecule has 0 saturated heterocycles. The van der Waals surface area contributed by atoms with E-state index in [1.165, 1.54) is 12.3 Å². The minimum absolute atomic E-state index is 0.0131. The van der Waals surface area contributed by atoms with Crippen molar-refractivity contribution in [2.75, 3.05) is 5.32 Å². The van der Waals surface area contributed by atoms with Crippen LogP contribution >= 0.6 is 11.6 Å². The van der Waals surface area contributed by atoms with Gasteiger partial charge in [-0.15, -0.1) is 0 Å². The van der Waals surface area contributed by atoms with E-state index in [0.29, 0.717) is 10.7 Å². The fraction of sp³-hybridized carbons (Fsp3) is 0.111. The maximum Gasteiger partial charge on any atom is 0.224 e. The SMILES string of the molecule is O=C(CCc1ncc(-c2c(F)cccc2F)o1)Nc1cccc(Cl)c1. The number of halogens is 3. The lowest BCUT2D eigenvalue weighted by Gasteiger charge is -2.04. The third kappa shape index (κ3) is 4.22. The summed E-state index contributed by atoms with van der Waals surface area (Å²) < 4.78 is 32.8. The van der Waals surface area contributed by atoms with Crippen LogP contribution in [-0.2, 0) is 11.2 Å². The molecule has 7 heteroatoms. The van der Waals surface area contributed by atoms with Crippen molar-refractivity contribution < 1.29 is 18.0 Å². The highest BCUT2D eigenvalue weighted by Gasteiger charge is 2.16. The molecule has 1 amide bonds. The Kier molecular flexibility index (Phi) is 5.09. The molecule has 0 aliphatic heterocycles. The topological polar surface area (TPSA) is 55.1 Å². The van der Waals surface area contributed by atoms with Crippen LogP contribution in [0.15, 0.2) is 53.1 Å². The van der Waals surface area contributed by atoms with Gasteiger partial charge in [0.2, 0.25) is 5.91 Å². The molecule has 3 rings (SSSR count). The Morgan fingerprint density at radius 3 is 2.60 bits per heavy atom. The molecule has 4 nitrogen and oxygen atoms in total. The Balaban J connectivity index is 1.63. The maximum atomic E-state index is 13.7. The van der Waals surface area contributed by atoms with Crippen molar-refractivity contribution in [2.24, 2.45) is 0 Å². The molecule has 0 spiro atoms. The first-order valence-electron chi connectivity index (χ1n) is 7.47. The van der Waals surface area contributed by atoms with Crippen LogP contribution in [0.25, 0.3) is 11.3 Å². The average Bonchev–Trinajstić information content (AvgIpc) is 3.01. The van der Waals surface area contributed by atoms with Crippen LogP contribution in [0.3, 0.4) is 0 Å². The zero-order valence-electron chi connectivity index (χ0n) is 12.9. The molecule has 0 atom stereocenters. The molecule has 128 valence electrons. The predicted molar refractivity (Wildman–Crippen MR) is 90.3 cm³/mol. The Bertz CT molecular complexity index is 891. The Morgan fingerprint density at radius 2 is 1.88 bits per heavy atom. The molecule has 0 fully saturated rings. The van der Waals surface area contributed by atoms with Crippen molar-refractivity contribution in [3.63, 3.8) is 0 Å². The van der Waals surface area contributed by atoms with Crippen LogP contribution in [0.5, 0.6) is 0 Å². The zero-order chi connectivity index (χ0) is 17.8. The van der Waals surface area contributed by atoms with Gasteiger partial charge in [-0.3, -0.25) is 4.79 Å². The van der Waals surface area contributed by atoms with E-state index in [0.717, 1.165) is 12.1 Å². The van der Waals surface area contributed by atoms with Crippen LogP contribution in [-0.4, -0.2) is 10.9 Å². The minimum Gasteiger partial charge on any atom is -0.441 e. The highest BCUT2D eigenvalue weighted by atomic mass is 35.5. The molecule has 1 heterocycles. The summed E-state index contributed by atoms with van der Waals surface area (Å²) in [6.45, 7) is 0. The summed E-state index contributed by atoms with van der Waals surface area (Å²) in [5.74, 6) is -1.51. The summed E-state index contributed by atoms with van der Waals surface area (Å²) in [6, 6.07) is 10.3. The quantitative estimate of drug-likeness (QED) is 0.706. The van der Waals surface area contributed by atoms with Gasteiger partial charge in [0.05, 0.1) is 11.8 Å². The Morgan fingerprint density at radius 1 is 1.16 bits per heavy atom. The van der Waals surface area contributed by atoms with Crippen molar-refractivity contribution in [2.45, 2.75) is 12.8 Å². The first-order chi connectivity index (χ1) is 12.0. The maximum absolute atomic E-state index is 13.7. The molecule has 0 unspecified atom stereocenters. The predicted octanol–water partition coefficient (Wildman–Crippen LogP) is 4.84. The summed E-state index contributed by atoms with van der Waals surface area (Å²) in [4.78, 5) is 15.9. The number of anilines is 1. The number of aromatic nitrogens is 1. The smallest absolute Gasteiger partial charge is 0.224 e. The molecule has 3 aromatic rings. The van der Waals surface area contributed by atoms with Gasteiger partial charge in [0, 0.05) is 23.6 Å². The molecule has 25 heavy (non-hydrogen) atoms. The third-order valence-corrected chi connectivity index (χ3v) is 3.67. The second-order valence-corrected chi connectivity index (χ2v) is 5.71. The fourth-order valence-corrected chi connectivity index (χ4v) is 2.48. The van der Waals surface area contributed by atoms with E-state index in [-0.39, 0.29) is 36.0 Å². The number of nitrogens with zero attached hydrogens (tertiary/aromatic N) is 1. The molecular formula is C18H13ClF2N2O2. The lowest BCUT2D eigenvalue weighted by Crippen LogP contribution is -2.12. The number of benzene rings is 2. The van der Waals surface area contributed by atoms with Gasteiger partial charge in [0.1, 0.15) is 11.6 Å². The van der Waals surface area contributed by atoms with E-state index in [1.807, 2.05) is 0 Å². The number of rotatable bonds is 5. The molecule has 0 aliphatic rings. The van der Waals surface area contributed by atoms with Gasteiger partial charge in [-0.2, -0.15) is 0 Å². The van der Waals surface area contributed by atoms with Crippen molar-refractivity contribution >= 4 is 23.2 Å². The van der Waals surface area contributed by atoms with Crippen LogP contribution in [0.4, 0.5) is 14.5 Å². The molecule has 2 aromatic carbocycles. The van der Waals surface area contributed by atoms with Gasteiger partial charge in [-0.05, 0) is 30.3 Å². The normalized spacial score (nSPS) is 10.7. The summed E-state index contributed by atoms with van der Waals surface area (Å²) >= 11 is 5.85. The van der Waals surface area contributed by atoms with Crippen molar-refractivity contribution in [1.29, 1.82) is 0 Å². The average molecular weight is 363 g/mol. The lowest BCUT2D eigenvalue weighted by atomic mass is 10.1. The summed E-state index contributed by atoms with van der Waals surface area (Å²) in [6.07, 6.45) is 1.54. The number of amides is 1. The Labute approximate surface area is 147 Å². The number of hydrogen-bond acceptors (Lipinski definition) is 3. The summed E-state index contributed by atoms with van der Waals surface area (Å²) in [5, 5.41) is 3.21. The number of carbonyl (C=O) groups excluding carboxylic acids is 1. The van der Waals surface area contributed by atoms with Gasteiger partial charge in [0.25, 0.3) is 0 Å². The van der Waals surface area contributed by atoms with E-state index in [1.54, 1.807) is 24.3 Å². The molecule has 0 radical (unpaired) electrons. The van der Waals surface area contributed by atoms with Gasteiger partial charge in [0.15, 0.2) is 11.7 Å². The van der Waals surface area contributed by atoms with Gasteiger partial charge in [-0.25, -0.2) is 13.8 Å². The van der Waals surface area contributed by atoms with Gasteiger partial charge >= 0.3 is 0 Å². The first-order valence-corrected chi connectivity index (χ1v) is 7.85. The standard InChI is InChI=1S/C18H13ClF2N2O2/c19-11-3-1-4-12(9-11)23-16(24)7-8-17-22-10-15(25-17)18-13(20)5-2-6-14(18)21/h1-6,9-10H,7-8H2,(H,23,24). The number of oxazole rings is 1. The van der Waals surface area contributed by atoms with E-state index in [9.17, 15) is 13.6 Å². The van der Waals surface area contributed by atoms with Crippen LogP contribution in [0.2, 0.25) is 5.02 Å². The lowest BCUT2D eigenvalue weighted by molar-refractivity contribution is -0.116. The van der Waals surface area contributed by atoms with Crippen molar-refractivity contribution in [3.8, 4) is 11.3 Å². The first kappa shape index (κ1) is 17.1. The molecular weight excluding hydrogens is 350 g/mol. The third-order valence-electron chi connectivity index (χ3n) is 3.44. The second-order valence-electron chi connectivity index (χ2n) is 5.27. The zero-order valence-corrected chi connectivity index (χ0v) is 13.7. The molecule has 0 aliphatic carbocycles. The van der Waals surface area contributed by atoms with E-state index in [4.69, 9.17) is 16.0 Å². The van der Waals surface area contributed by atoms with E-state index in [2.05, 4.69) is 10.3 Å². The molecule has 1 aromatic heterocycles. The van der Waals surface area contributed by atoms with Crippen LogP contribution in [0, 0.1) is 11.6 Å². The fourth-order valence-electron chi connectivity index (χ4n) is 2.28. The second kappa shape index (κ2) is 7.44. The number of aryl methyl sites for hydroxylation is 1. The monoisotopic (exact) mass is 362 g/mol. The summed E-state index contributed by atoms with van der Waals surface area (Å²) in [5.41, 5.74) is 0.309. The number of hydrogen-bond donors (Lipinski definition) is 1. The largest absolute Gasteiger partial charge is 0.441 e. The van der Waals surface area contributed by atoms with E-state index < -0.39 is 11.6 Å². The summed E-state index contributed by atoms with van der Waals surface area (Å²) in [7, 11) is 0. The van der Waals surface area contributed by atoms with Crippen molar-refractivity contribution in [3.05, 3.63) is 71.2 Å². The van der Waals surface area contributed by atoms with E-state index >= 15 is 0 Å². The van der Waals surface area contributed by atoms with Crippen molar-refractivity contribution in [1.82, 2.24) is 4.98 Å². The van der Waals surface area contributed by atoms with Crippen LogP contribution in [0.1, 0.15) is 12.3 Å². The van der Waals surface area contributed by atoms with Gasteiger partial charge < -0.3 is 9.73 Å². The molecule has 1 N–H and O–H groups in total. The van der Waals surface area contributed by atoms with Gasteiger partial charge in [-0.1, -0.05) is 23.7 Å². The Hall–Kier alpha value is -2.73.